The summed E-state index contributed by atoms with van der Waals surface area (Å²) in [6.07, 6.45) is 0.528. The van der Waals surface area contributed by atoms with Crippen LogP contribution in [0.3, 0.4) is 0 Å². The van der Waals surface area contributed by atoms with Gasteiger partial charge < -0.3 is 20.5 Å². The Hall–Kier alpha value is -1.26. The minimum absolute atomic E-state index is 0.251. The number of rotatable bonds is 6. The smallest absolute Gasteiger partial charge is 0.141 e. The Kier molecular flexibility index (Phi) is 5.25. The van der Waals surface area contributed by atoms with Crippen molar-refractivity contribution in [3.63, 3.8) is 0 Å². The van der Waals surface area contributed by atoms with Crippen molar-refractivity contribution >= 4 is 5.69 Å². The summed E-state index contributed by atoms with van der Waals surface area (Å²) in [5, 5.41) is 9.22. The largest absolute Gasteiger partial charge is 0.495 e. The maximum absolute atomic E-state index is 9.22. The summed E-state index contributed by atoms with van der Waals surface area (Å²) in [6.45, 7) is 3.49. The van der Waals surface area contributed by atoms with Crippen LogP contribution < -0.4 is 10.5 Å². The molecule has 0 spiro atoms. The van der Waals surface area contributed by atoms with Gasteiger partial charge in [-0.3, -0.25) is 0 Å². The van der Waals surface area contributed by atoms with Crippen molar-refractivity contribution in [1.82, 2.24) is 4.90 Å². The Bertz CT molecular complexity index is 353. The molecular formula is C13H22N2O2. The highest BCUT2D eigenvalue weighted by atomic mass is 16.5. The number of anilines is 1. The second-order valence-electron chi connectivity index (χ2n) is 4.45. The van der Waals surface area contributed by atoms with Crippen LogP contribution >= 0.6 is 0 Å². The number of methoxy groups -OCH3 is 1. The number of ether oxygens (including phenoxy) is 1. The van der Waals surface area contributed by atoms with Gasteiger partial charge in [0.05, 0.1) is 18.9 Å². The highest BCUT2D eigenvalue weighted by Crippen LogP contribution is 2.22. The molecule has 0 saturated carbocycles. The molecule has 0 aliphatic carbocycles. The lowest BCUT2D eigenvalue weighted by molar-refractivity contribution is 0.163. The first-order valence-corrected chi connectivity index (χ1v) is 5.82. The zero-order valence-electron chi connectivity index (χ0n) is 10.8. The van der Waals surface area contributed by atoms with E-state index in [9.17, 15) is 5.11 Å². The van der Waals surface area contributed by atoms with E-state index in [2.05, 4.69) is 4.90 Å². The second-order valence-corrected chi connectivity index (χ2v) is 4.45. The molecule has 0 aliphatic heterocycles. The lowest BCUT2D eigenvalue weighted by Crippen LogP contribution is -2.22. The normalized spacial score (nSPS) is 12.8. The fourth-order valence-electron chi connectivity index (χ4n) is 1.68. The van der Waals surface area contributed by atoms with E-state index in [-0.39, 0.29) is 6.10 Å². The van der Waals surface area contributed by atoms with Gasteiger partial charge in [-0.05, 0) is 38.1 Å². The minimum Gasteiger partial charge on any atom is -0.495 e. The van der Waals surface area contributed by atoms with E-state index >= 15 is 0 Å². The molecule has 1 aromatic rings. The second kappa shape index (κ2) is 6.47. The molecule has 96 valence electrons. The summed E-state index contributed by atoms with van der Waals surface area (Å²) in [5.41, 5.74) is 7.66. The van der Waals surface area contributed by atoms with E-state index in [0.29, 0.717) is 11.4 Å². The maximum atomic E-state index is 9.22. The zero-order chi connectivity index (χ0) is 12.8. The van der Waals surface area contributed by atoms with E-state index in [1.165, 1.54) is 0 Å². The lowest BCUT2D eigenvalue weighted by Gasteiger charge is -2.18. The molecule has 1 rings (SSSR count). The van der Waals surface area contributed by atoms with Gasteiger partial charge in [0.15, 0.2) is 0 Å². The van der Waals surface area contributed by atoms with Crippen molar-refractivity contribution in [1.29, 1.82) is 0 Å². The molecule has 0 fully saturated rings. The number of nitrogen functional groups attached to an aromatic ring is 1. The summed E-state index contributed by atoms with van der Waals surface area (Å²) in [5.74, 6) is 0.709. The zero-order valence-corrected chi connectivity index (χ0v) is 10.8. The molecule has 1 aromatic carbocycles. The number of benzene rings is 1. The Morgan fingerprint density at radius 1 is 1.47 bits per heavy atom. The van der Waals surface area contributed by atoms with Crippen LogP contribution in [0.2, 0.25) is 0 Å². The Labute approximate surface area is 103 Å². The quantitative estimate of drug-likeness (QED) is 0.737. The average molecular weight is 238 g/mol. The Morgan fingerprint density at radius 2 is 2.18 bits per heavy atom. The van der Waals surface area contributed by atoms with Crippen LogP contribution in [0.1, 0.15) is 18.9 Å². The molecule has 0 heterocycles. The minimum atomic E-state index is -0.251. The summed E-state index contributed by atoms with van der Waals surface area (Å²) in [4.78, 5) is 2.16. The van der Waals surface area contributed by atoms with Crippen LogP contribution in [0.25, 0.3) is 0 Å². The summed E-state index contributed by atoms with van der Waals surface area (Å²) >= 11 is 0. The third kappa shape index (κ3) is 4.63. The molecule has 1 atom stereocenters. The molecule has 0 aliphatic rings. The van der Waals surface area contributed by atoms with Crippen molar-refractivity contribution in [2.24, 2.45) is 0 Å². The molecule has 0 aromatic heterocycles. The van der Waals surface area contributed by atoms with Crippen LogP contribution in [-0.4, -0.2) is 36.8 Å². The van der Waals surface area contributed by atoms with Crippen LogP contribution in [0.15, 0.2) is 18.2 Å². The van der Waals surface area contributed by atoms with E-state index in [1.54, 1.807) is 14.0 Å². The van der Waals surface area contributed by atoms with Crippen LogP contribution in [-0.2, 0) is 6.54 Å². The highest BCUT2D eigenvalue weighted by Gasteiger charge is 2.05. The van der Waals surface area contributed by atoms with Crippen molar-refractivity contribution in [2.45, 2.75) is 26.0 Å². The van der Waals surface area contributed by atoms with Crippen LogP contribution in [0, 0.1) is 0 Å². The van der Waals surface area contributed by atoms with Crippen molar-refractivity contribution < 1.29 is 9.84 Å². The third-order valence-corrected chi connectivity index (χ3v) is 2.68. The predicted octanol–water partition coefficient (Wildman–Crippen LogP) is 1.48. The van der Waals surface area contributed by atoms with Gasteiger partial charge in [-0.15, -0.1) is 0 Å². The van der Waals surface area contributed by atoms with E-state index in [1.807, 2.05) is 25.2 Å². The molecule has 1 unspecified atom stereocenters. The maximum Gasteiger partial charge on any atom is 0.141 e. The first kappa shape index (κ1) is 13.8. The molecule has 0 bridgehead atoms. The molecular weight excluding hydrogens is 216 g/mol. The Morgan fingerprint density at radius 3 is 2.71 bits per heavy atom. The number of aliphatic hydroxyl groups excluding tert-OH is 1. The predicted molar refractivity (Wildman–Crippen MR) is 70.0 cm³/mol. The van der Waals surface area contributed by atoms with E-state index < -0.39 is 0 Å². The van der Waals surface area contributed by atoms with E-state index in [0.717, 1.165) is 25.1 Å². The average Bonchev–Trinajstić information content (AvgIpc) is 2.26. The topological polar surface area (TPSA) is 58.7 Å². The summed E-state index contributed by atoms with van der Waals surface area (Å²) in [7, 11) is 3.64. The van der Waals surface area contributed by atoms with Gasteiger partial charge in [0.1, 0.15) is 5.75 Å². The number of aliphatic hydroxyl groups is 1. The standard InChI is InChI=1S/C13H22N2O2/c1-10(16)6-7-15(2)9-11-4-5-13(17-3)12(14)8-11/h4-5,8,10,16H,6-7,9,14H2,1-3H3. The molecule has 3 N–H and O–H groups in total. The molecule has 0 radical (unpaired) electrons. The van der Waals surface area contributed by atoms with Gasteiger partial charge in [-0.1, -0.05) is 6.07 Å². The van der Waals surface area contributed by atoms with Crippen molar-refractivity contribution in [3.05, 3.63) is 23.8 Å². The van der Waals surface area contributed by atoms with Gasteiger partial charge >= 0.3 is 0 Å². The number of hydrogen-bond donors (Lipinski definition) is 2. The fraction of sp³-hybridized carbons (Fsp3) is 0.538. The summed E-state index contributed by atoms with van der Waals surface area (Å²) in [6, 6.07) is 5.82. The fourth-order valence-corrected chi connectivity index (χ4v) is 1.68. The van der Waals surface area contributed by atoms with Gasteiger partial charge in [-0.25, -0.2) is 0 Å². The molecule has 17 heavy (non-hydrogen) atoms. The number of hydrogen-bond acceptors (Lipinski definition) is 4. The van der Waals surface area contributed by atoms with Crippen LogP contribution in [0.4, 0.5) is 5.69 Å². The van der Waals surface area contributed by atoms with Crippen molar-refractivity contribution in [2.75, 3.05) is 26.4 Å². The first-order valence-electron chi connectivity index (χ1n) is 5.82. The van der Waals surface area contributed by atoms with Gasteiger partial charge in [-0.2, -0.15) is 0 Å². The molecule has 0 saturated heterocycles. The molecule has 4 heteroatoms. The summed E-state index contributed by atoms with van der Waals surface area (Å²) < 4.78 is 5.11. The first-order chi connectivity index (χ1) is 8.02. The Balaban J connectivity index is 2.53. The highest BCUT2D eigenvalue weighted by molar-refractivity contribution is 5.54. The lowest BCUT2D eigenvalue weighted by atomic mass is 10.1. The molecule has 4 nitrogen and oxygen atoms in total. The van der Waals surface area contributed by atoms with Gasteiger partial charge in [0.2, 0.25) is 0 Å². The van der Waals surface area contributed by atoms with E-state index in [4.69, 9.17) is 10.5 Å². The van der Waals surface area contributed by atoms with Gasteiger partial charge in [0.25, 0.3) is 0 Å². The SMILES string of the molecule is COc1ccc(CN(C)CCC(C)O)cc1N. The monoisotopic (exact) mass is 238 g/mol. The van der Waals surface area contributed by atoms with Crippen molar-refractivity contribution in [3.8, 4) is 5.75 Å². The number of nitrogens with zero attached hydrogens (tertiary/aromatic N) is 1. The third-order valence-electron chi connectivity index (χ3n) is 2.68. The number of nitrogens with two attached hydrogens (primary N) is 1. The molecule has 0 amide bonds. The van der Waals surface area contributed by atoms with Crippen LogP contribution in [0.5, 0.6) is 5.75 Å². The van der Waals surface area contributed by atoms with Gasteiger partial charge in [0, 0.05) is 13.1 Å².